The van der Waals surface area contributed by atoms with Crippen LogP contribution >= 0.6 is 0 Å². The van der Waals surface area contributed by atoms with Crippen molar-refractivity contribution in [3.05, 3.63) is 140 Å². The predicted octanol–water partition coefficient (Wildman–Crippen LogP) is 7.38. The quantitative estimate of drug-likeness (QED) is 0.199. The number of ether oxygens (including phenoxy) is 2. The van der Waals surface area contributed by atoms with Crippen LogP contribution in [0.2, 0.25) is 0 Å². The molecular weight excluding hydrogens is 567 g/mol. The van der Waals surface area contributed by atoms with Crippen LogP contribution in [0.1, 0.15) is 0 Å². The van der Waals surface area contributed by atoms with Crippen molar-refractivity contribution in [1.82, 2.24) is 15.0 Å². The Kier molecular flexibility index (Phi) is 5.28. The van der Waals surface area contributed by atoms with Crippen molar-refractivity contribution in [2.75, 3.05) is 4.90 Å². The summed E-state index contributed by atoms with van der Waals surface area (Å²) in [6.45, 7) is 0.00704. The molecule has 0 N–H and O–H groups in total. The van der Waals surface area contributed by atoms with Gasteiger partial charge in [-0.05, 0) is 94.3 Å². The van der Waals surface area contributed by atoms with Gasteiger partial charge in [-0.1, -0.05) is 36.4 Å². The van der Waals surface area contributed by atoms with E-state index in [9.17, 15) is 0 Å². The lowest BCUT2D eigenvalue weighted by atomic mass is 9.33. The van der Waals surface area contributed by atoms with Gasteiger partial charge in [0.15, 0.2) is 0 Å². The molecule has 0 saturated heterocycles. The lowest BCUT2D eigenvalue weighted by Crippen LogP contribution is -2.61. The normalized spacial score (nSPS) is 13.0. The highest BCUT2D eigenvalue weighted by molar-refractivity contribution is 7.00. The van der Waals surface area contributed by atoms with Gasteiger partial charge in [-0.25, -0.2) is 0 Å². The fourth-order valence-electron chi connectivity index (χ4n) is 7.35. The summed E-state index contributed by atoms with van der Waals surface area (Å²) in [5.41, 5.74) is 12.8. The fourth-order valence-corrected chi connectivity index (χ4v) is 7.35. The number of benzene rings is 4. The molecule has 0 saturated carbocycles. The Bertz CT molecular complexity index is 2200. The van der Waals surface area contributed by atoms with Gasteiger partial charge in [0.25, 0.3) is 6.71 Å². The van der Waals surface area contributed by atoms with E-state index in [1.54, 1.807) is 6.20 Å². The maximum absolute atomic E-state index is 6.57. The Labute approximate surface area is 265 Å². The van der Waals surface area contributed by atoms with Gasteiger partial charge in [-0.15, -0.1) is 0 Å². The van der Waals surface area contributed by atoms with Gasteiger partial charge in [0.05, 0.1) is 0 Å². The molecule has 0 radical (unpaired) electrons. The van der Waals surface area contributed by atoms with Gasteiger partial charge >= 0.3 is 0 Å². The van der Waals surface area contributed by atoms with E-state index in [0.29, 0.717) is 0 Å². The summed E-state index contributed by atoms with van der Waals surface area (Å²) in [5.74, 6) is 3.43. The number of hydrogen-bond acceptors (Lipinski definition) is 6. The molecule has 46 heavy (non-hydrogen) atoms. The summed E-state index contributed by atoms with van der Waals surface area (Å²) in [6, 6.07) is 35.6. The number of hydrogen-bond donors (Lipinski definition) is 0. The monoisotopic (exact) mass is 590 g/mol. The average Bonchev–Trinajstić information content (AvgIpc) is 3.12. The lowest BCUT2D eigenvalue weighted by Gasteiger charge is -2.42. The highest BCUT2D eigenvalue weighted by Crippen LogP contribution is 2.49. The molecule has 3 aromatic heterocycles. The maximum Gasteiger partial charge on any atom is 0.266 e. The molecule has 214 valence electrons. The van der Waals surface area contributed by atoms with Crippen LogP contribution in [0.25, 0.3) is 33.4 Å². The maximum atomic E-state index is 6.57. The Morgan fingerprint density at radius 2 is 0.935 bits per heavy atom. The second-order valence-electron chi connectivity index (χ2n) is 11.7. The van der Waals surface area contributed by atoms with Crippen LogP contribution in [0.4, 0.5) is 17.1 Å². The van der Waals surface area contributed by atoms with E-state index in [1.165, 1.54) is 0 Å². The summed E-state index contributed by atoms with van der Waals surface area (Å²) in [7, 11) is 0. The molecule has 0 unspecified atom stereocenters. The van der Waals surface area contributed by atoms with Crippen LogP contribution in [0.5, 0.6) is 23.0 Å². The Morgan fingerprint density at radius 3 is 1.41 bits per heavy atom. The van der Waals surface area contributed by atoms with E-state index in [2.05, 4.69) is 86.6 Å². The first-order chi connectivity index (χ1) is 22.8. The summed E-state index contributed by atoms with van der Waals surface area (Å²) >= 11 is 0. The molecule has 0 amide bonds. The van der Waals surface area contributed by atoms with Gasteiger partial charge in [0, 0.05) is 76.4 Å². The predicted molar refractivity (Wildman–Crippen MR) is 182 cm³/mol. The summed E-state index contributed by atoms with van der Waals surface area (Å²) in [4.78, 5) is 15.9. The van der Waals surface area contributed by atoms with E-state index in [0.717, 1.165) is 89.8 Å². The molecule has 6 heterocycles. The van der Waals surface area contributed by atoms with Gasteiger partial charge in [0.1, 0.15) is 23.0 Å². The third kappa shape index (κ3) is 3.57. The van der Waals surface area contributed by atoms with Gasteiger partial charge in [-0.3, -0.25) is 15.0 Å². The molecular formula is C39H23BN4O2. The van der Waals surface area contributed by atoms with Crippen LogP contribution in [-0.2, 0) is 0 Å². The van der Waals surface area contributed by atoms with E-state index < -0.39 is 0 Å². The summed E-state index contributed by atoms with van der Waals surface area (Å²) in [5, 5.41) is 0. The van der Waals surface area contributed by atoms with Crippen LogP contribution in [-0.4, -0.2) is 21.7 Å². The second kappa shape index (κ2) is 9.65. The standard InChI is InChI=1S/C39H23BN4O2/c1-10-30-37-32(12-1)45-34-14-3-15-35-39(34)40(37)38-31(11-2-13-33(38)46-35)44(30)27-19-28(24-7-4-16-41-21-24)36(26-9-6-18-43-23-26)29(20-27)25-8-5-17-42-22-25/h1-23H. The van der Waals surface area contributed by atoms with E-state index in [1.807, 2.05) is 67.4 Å². The van der Waals surface area contributed by atoms with Crippen molar-refractivity contribution in [3.8, 4) is 56.4 Å². The molecule has 4 aromatic carbocycles. The zero-order chi connectivity index (χ0) is 30.2. The molecule has 10 rings (SSSR count). The molecule has 3 aliphatic heterocycles. The van der Waals surface area contributed by atoms with Gasteiger partial charge in [-0.2, -0.15) is 0 Å². The third-order valence-corrected chi connectivity index (χ3v) is 9.18. The molecule has 7 heteroatoms. The Morgan fingerprint density at radius 1 is 0.478 bits per heavy atom. The van der Waals surface area contributed by atoms with Gasteiger partial charge < -0.3 is 14.4 Å². The number of nitrogens with zero attached hydrogens (tertiary/aromatic N) is 4. The molecule has 7 aromatic rings. The number of aromatic nitrogens is 3. The van der Waals surface area contributed by atoms with Crippen LogP contribution < -0.4 is 30.8 Å². The van der Waals surface area contributed by atoms with Crippen LogP contribution in [0.3, 0.4) is 0 Å². The van der Waals surface area contributed by atoms with Crippen molar-refractivity contribution in [3.63, 3.8) is 0 Å². The molecule has 6 nitrogen and oxygen atoms in total. The molecule has 0 aliphatic carbocycles. The molecule has 0 fully saturated rings. The van der Waals surface area contributed by atoms with Crippen molar-refractivity contribution >= 4 is 40.2 Å². The summed E-state index contributed by atoms with van der Waals surface area (Å²) < 4.78 is 13.1. The minimum Gasteiger partial charge on any atom is -0.458 e. The number of anilines is 3. The van der Waals surface area contributed by atoms with Crippen LogP contribution in [0.15, 0.2) is 140 Å². The lowest BCUT2D eigenvalue weighted by molar-refractivity contribution is 0.464. The molecule has 0 spiro atoms. The first-order valence-corrected chi connectivity index (χ1v) is 15.3. The smallest absolute Gasteiger partial charge is 0.266 e. The minimum atomic E-state index is 0.00704. The number of pyridine rings is 3. The van der Waals surface area contributed by atoms with Crippen LogP contribution in [0, 0.1) is 0 Å². The van der Waals surface area contributed by atoms with Crippen molar-refractivity contribution < 1.29 is 9.47 Å². The Balaban J connectivity index is 1.30. The molecule has 0 bridgehead atoms. The van der Waals surface area contributed by atoms with E-state index in [-0.39, 0.29) is 6.71 Å². The second-order valence-corrected chi connectivity index (χ2v) is 11.7. The Hall–Kier alpha value is -6.21. The molecule has 3 aliphatic rings. The average molecular weight is 590 g/mol. The first-order valence-electron chi connectivity index (χ1n) is 15.3. The third-order valence-electron chi connectivity index (χ3n) is 9.18. The highest BCUT2D eigenvalue weighted by atomic mass is 16.5. The minimum absolute atomic E-state index is 0.00704. The first kappa shape index (κ1) is 25.2. The summed E-state index contributed by atoms with van der Waals surface area (Å²) in [6.07, 6.45) is 11.2. The topological polar surface area (TPSA) is 60.4 Å². The fraction of sp³-hybridized carbons (Fsp3) is 0. The van der Waals surface area contributed by atoms with E-state index >= 15 is 0 Å². The van der Waals surface area contributed by atoms with Crippen molar-refractivity contribution in [1.29, 1.82) is 0 Å². The molecule has 0 atom stereocenters. The zero-order valence-electron chi connectivity index (χ0n) is 24.5. The number of rotatable bonds is 4. The van der Waals surface area contributed by atoms with Gasteiger partial charge in [0.2, 0.25) is 0 Å². The van der Waals surface area contributed by atoms with E-state index in [4.69, 9.17) is 9.47 Å². The van der Waals surface area contributed by atoms with Crippen molar-refractivity contribution in [2.45, 2.75) is 0 Å². The van der Waals surface area contributed by atoms with Crippen molar-refractivity contribution in [2.24, 2.45) is 0 Å². The SMILES string of the molecule is c1cncc(-c2cc(N3c4cccc5c4B4c6c(cccc6Oc6cccc3c64)O5)cc(-c3cccnc3)c2-c2cccnc2)c1. The zero-order valence-corrected chi connectivity index (χ0v) is 24.5. The highest BCUT2D eigenvalue weighted by Gasteiger charge is 2.47. The largest absolute Gasteiger partial charge is 0.458 e.